The van der Waals surface area contributed by atoms with Crippen LogP contribution >= 0.6 is 0 Å². The highest BCUT2D eigenvalue weighted by molar-refractivity contribution is 5.79. The number of nitrogens with one attached hydrogen (secondary N) is 2. The fourth-order valence-corrected chi connectivity index (χ4v) is 4.11. The molecule has 7 nitrogen and oxygen atoms in total. The zero-order valence-corrected chi connectivity index (χ0v) is 19.4. The van der Waals surface area contributed by atoms with Gasteiger partial charge in [0.15, 0.2) is 5.96 Å². The van der Waals surface area contributed by atoms with Gasteiger partial charge in [-0.3, -0.25) is 0 Å². The van der Waals surface area contributed by atoms with E-state index in [1.165, 1.54) is 5.69 Å². The third-order valence-electron chi connectivity index (χ3n) is 5.77. The van der Waals surface area contributed by atoms with E-state index in [1.54, 1.807) is 14.0 Å². The van der Waals surface area contributed by atoms with E-state index in [1.807, 2.05) is 39.0 Å². The van der Waals surface area contributed by atoms with Crippen LogP contribution in [0.15, 0.2) is 39.7 Å². The molecular weight excluding hydrogens is 392 g/mol. The summed E-state index contributed by atoms with van der Waals surface area (Å²) in [6.45, 7) is 11.4. The predicted octanol–water partition coefficient (Wildman–Crippen LogP) is 3.19. The van der Waals surface area contributed by atoms with Gasteiger partial charge in [-0.1, -0.05) is 6.07 Å². The smallest absolute Gasteiger partial charge is 0.191 e. The first kappa shape index (κ1) is 23.0. The maximum atomic E-state index is 10.9. The van der Waals surface area contributed by atoms with Crippen molar-refractivity contribution in [3.05, 3.63) is 47.4 Å². The Kier molecular flexibility index (Phi) is 7.49. The average Bonchev–Trinajstić information content (AvgIpc) is 3.36. The fraction of sp³-hybridized carbons (Fsp3) is 0.542. The van der Waals surface area contributed by atoms with Crippen LogP contribution in [0.1, 0.15) is 37.4 Å². The summed E-state index contributed by atoms with van der Waals surface area (Å²) in [5, 5.41) is 17.7. The van der Waals surface area contributed by atoms with Gasteiger partial charge in [0.2, 0.25) is 0 Å². The maximum absolute atomic E-state index is 10.9. The molecule has 1 aromatic heterocycles. The Hall–Kier alpha value is -2.67. The van der Waals surface area contributed by atoms with Crippen LogP contribution in [0.5, 0.6) is 5.75 Å². The van der Waals surface area contributed by atoms with Crippen LogP contribution in [0, 0.1) is 19.8 Å². The van der Waals surface area contributed by atoms with Crippen molar-refractivity contribution >= 4 is 11.6 Å². The number of ether oxygens (including phenoxy) is 1. The second-order valence-corrected chi connectivity index (χ2v) is 8.48. The van der Waals surface area contributed by atoms with Crippen molar-refractivity contribution in [2.24, 2.45) is 10.9 Å². The normalized spacial score (nSPS) is 18.7. The largest absolute Gasteiger partial charge is 0.497 e. The first-order valence-electron chi connectivity index (χ1n) is 11.0. The van der Waals surface area contributed by atoms with Crippen LogP contribution in [-0.4, -0.2) is 50.9 Å². The minimum Gasteiger partial charge on any atom is -0.497 e. The van der Waals surface area contributed by atoms with Crippen molar-refractivity contribution in [2.75, 3.05) is 44.7 Å². The van der Waals surface area contributed by atoms with Gasteiger partial charge in [0.1, 0.15) is 22.9 Å². The molecule has 2 aromatic rings. The van der Waals surface area contributed by atoms with E-state index in [-0.39, 0.29) is 6.54 Å². The van der Waals surface area contributed by atoms with E-state index in [9.17, 15) is 5.11 Å². The van der Waals surface area contributed by atoms with E-state index >= 15 is 0 Å². The van der Waals surface area contributed by atoms with Gasteiger partial charge in [-0.2, -0.15) is 0 Å². The monoisotopic (exact) mass is 428 g/mol. The molecule has 3 N–H and O–H groups in total. The molecule has 0 saturated carbocycles. The molecule has 1 fully saturated rings. The molecule has 170 valence electrons. The minimum absolute atomic E-state index is 0.253. The van der Waals surface area contributed by atoms with Gasteiger partial charge in [-0.05, 0) is 58.2 Å². The molecule has 0 amide bonds. The summed E-state index contributed by atoms with van der Waals surface area (Å²) in [5.41, 5.74) is 0.902. The number of benzene rings is 1. The number of aryl methyl sites for hydroxylation is 2. The number of aliphatic hydroxyl groups is 1. The van der Waals surface area contributed by atoms with Crippen molar-refractivity contribution in [2.45, 2.75) is 39.7 Å². The Morgan fingerprint density at radius 3 is 2.81 bits per heavy atom. The lowest BCUT2D eigenvalue weighted by Gasteiger charge is -2.22. The summed E-state index contributed by atoms with van der Waals surface area (Å²) in [6.07, 6.45) is 1.12. The molecule has 1 aliphatic rings. The van der Waals surface area contributed by atoms with Crippen LogP contribution in [-0.2, 0) is 5.60 Å². The number of hydrogen-bond acceptors (Lipinski definition) is 5. The van der Waals surface area contributed by atoms with Gasteiger partial charge in [0.05, 0.1) is 13.7 Å². The van der Waals surface area contributed by atoms with Crippen molar-refractivity contribution < 1.29 is 14.3 Å². The minimum atomic E-state index is -1.08. The molecule has 31 heavy (non-hydrogen) atoms. The molecule has 0 aliphatic carbocycles. The summed E-state index contributed by atoms with van der Waals surface area (Å²) in [6, 6.07) is 10.1. The second-order valence-electron chi connectivity index (χ2n) is 8.48. The molecule has 1 aromatic carbocycles. The topological polar surface area (TPSA) is 82.3 Å². The summed E-state index contributed by atoms with van der Waals surface area (Å²) >= 11 is 0. The third-order valence-corrected chi connectivity index (χ3v) is 5.77. The fourth-order valence-electron chi connectivity index (χ4n) is 4.11. The standard InChI is InChI=1S/C24H36N4O3/c1-6-25-23(27-16-24(4,29)22-12-17(2)31-18(22)3)26-14-19-10-11-28(15-19)20-8-7-9-21(13-20)30-5/h7-9,12-13,19,29H,6,10-11,14-16H2,1-5H3,(H2,25,26,27). The number of anilines is 1. The zero-order valence-electron chi connectivity index (χ0n) is 19.4. The zero-order chi connectivity index (χ0) is 22.4. The molecular formula is C24H36N4O3. The van der Waals surface area contributed by atoms with E-state index in [2.05, 4.69) is 32.7 Å². The number of furan rings is 1. The van der Waals surface area contributed by atoms with E-state index in [0.717, 1.165) is 61.4 Å². The summed E-state index contributed by atoms with van der Waals surface area (Å²) < 4.78 is 10.9. The maximum Gasteiger partial charge on any atom is 0.191 e. The average molecular weight is 429 g/mol. The summed E-state index contributed by atoms with van der Waals surface area (Å²) in [7, 11) is 1.70. The first-order chi connectivity index (χ1) is 14.8. The van der Waals surface area contributed by atoms with Crippen molar-refractivity contribution in [1.29, 1.82) is 0 Å². The second kappa shape index (κ2) is 10.1. The molecule has 0 spiro atoms. The summed E-state index contributed by atoms with van der Waals surface area (Å²) in [4.78, 5) is 7.04. The molecule has 0 bridgehead atoms. The van der Waals surface area contributed by atoms with Gasteiger partial charge < -0.3 is 29.8 Å². The van der Waals surface area contributed by atoms with Crippen LogP contribution in [0.4, 0.5) is 5.69 Å². The van der Waals surface area contributed by atoms with Crippen molar-refractivity contribution in [3.8, 4) is 5.75 Å². The Bertz CT molecular complexity index is 891. The Labute approximate surface area is 185 Å². The Morgan fingerprint density at radius 1 is 1.32 bits per heavy atom. The lowest BCUT2D eigenvalue weighted by atomic mass is 9.96. The number of nitrogens with zero attached hydrogens (tertiary/aromatic N) is 2. The van der Waals surface area contributed by atoms with Gasteiger partial charge in [0, 0.05) is 43.5 Å². The summed E-state index contributed by atoms with van der Waals surface area (Å²) in [5.74, 6) is 3.66. The van der Waals surface area contributed by atoms with E-state index in [0.29, 0.717) is 5.92 Å². The lowest BCUT2D eigenvalue weighted by Crippen LogP contribution is -2.41. The number of aliphatic imine (C=N–C) groups is 1. The van der Waals surface area contributed by atoms with Gasteiger partial charge >= 0.3 is 0 Å². The van der Waals surface area contributed by atoms with Crippen molar-refractivity contribution in [1.82, 2.24) is 10.6 Å². The number of guanidine groups is 1. The van der Waals surface area contributed by atoms with Crippen LogP contribution in [0.25, 0.3) is 0 Å². The lowest BCUT2D eigenvalue weighted by molar-refractivity contribution is 0.0657. The molecule has 2 unspecified atom stereocenters. The highest BCUT2D eigenvalue weighted by Crippen LogP contribution is 2.28. The highest BCUT2D eigenvalue weighted by Gasteiger charge is 2.28. The molecule has 1 saturated heterocycles. The highest BCUT2D eigenvalue weighted by atomic mass is 16.5. The number of methoxy groups -OCH3 is 1. The first-order valence-corrected chi connectivity index (χ1v) is 11.0. The Balaban J connectivity index is 1.57. The number of rotatable bonds is 8. The molecule has 3 rings (SSSR count). The van der Waals surface area contributed by atoms with E-state index in [4.69, 9.17) is 9.15 Å². The van der Waals surface area contributed by atoms with Gasteiger partial charge in [0.25, 0.3) is 0 Å². The molecule has 2 atom stereocenters. The van der Waals surface area contributed by atoms with Crippen LogP contribution in [0.3, 0.4) is 0 Å². The SMILES string of the molecule is CCNC(=NCC(C)(O)c1cc(C)oc1C)NCC1CCN(c2cccc(OC)c2)C1. The third kappa shape index (κ3) is 5.94. The molecule has 2 heterocycles. The van der Waals surface area contributed by atoms with Gasteiger partial charge in [-0.25, -0.2) is 4.99 Å². The van der Waals surface area contributed by atoms with Crippen LogP contribution in [0.2, 0.25) is 0 Å². The Morgan fingerprint density at radius 2 is 2.13 bits per heavy atom. The predicted molar refractivity (Wildman–Crippen MR) is 125 cm³/mol. The number of hydrogen-bond donors (Lipinski definition) is 3. The van der Waals surface area contributed by atoms with Crippen LogP contribution < -0.4 is 20.3 Å². The molecule has 7 heteroatoms. The molecule has 1 aliphatic heterocycles. The molecule has 0 radical (unpaired) electrons. The van der Waals surface area contributed by atoms with Crippen molar-refractivity contribution in [3.63, 3.8) is 0 Å². The van der Waals surface area contributed by atoms with E-state index < -0.39 is 5.60 Å². The van der Waals surface area contributed by atoms with Gasteiger partial charge in [-0.15, -0.1) is 0 Å². The quantitative estimate of drug-likeness (QED) is 0.443.